The number of nitrogens with zero attached hydrogens (tertiary/aromatic N) is 6. The lowest BCUT2D eigenvalue weighted by molar-refractivity contribution is -0.189. The Kier molecular flexibility index (Phi) is 10.6. The molecule has 3 saturated heterocycles. The van der Waals surface area contributed by atoms with E-state index in [1.807, 2.05) is 29.0 Å². The van der Waals surface area contributed by atoms with Gasteiger partial charge in [-0.1, -0.05) is 41.0 Å². The summed E-state index contributed by atoms with van der Waals surface area (Å²) in [6, 6.07) is 22.2. The molecule has 3 aliphatic heterocycles. The number of hydrogen-bond donors (Lipinski definition) is 0. The van der Waals surface area contributed by atoms with Crippen LogP contribution in [0.3, 0.4) is 0 Å². The lowest BCUT2D eigenvalue weighted by Crippen LogP contribution is -2.46. The molecule has 3 aliphatic rings. The van der Waals surface area contributed by atoms with Crippen LogP contribution in [0.5, 0.6) is 5.75 Å². The van der Waals surface area contributed by atoms with E-state index in [4.69, 9.17) is 47.1 Å². The summed E-state index contributed by atoms with van der Waals surface area (Å²) in [7, 11) is 1.76. The smallest absolute Gasteiger partial charge is 0.215 e. The number of amidine groups is 1. The second-order valence-corrected chi connectivity index (χ2v) is 14.1. The van der Waals surface area contributed by atoms with Crippen molar-refractivity contribution in [2.75, 3.05) is 69.4 Å². The van der Waals surface area contributed by atoms with Gasteiger partial charge in [0.2, 0.25) is 5.79 Å². The summed E-state index contributed by atoms with van der Waals surface area (Å²) < 4.78 is 26.4. The third-order valence-electron chi connectivity index (χ3n) is 9.03. The molecule has 4 heterocycles. The Balaban J connectivity index is 0.912. The van der Waals surface area contributed by atoms with Gasteiger partial charge in [-0.05, 0) is 67.6 Å². The summed E-state index contributed by atoms with van der Waals surface area (Å²) in [6.07, 6.45) is 5.02. The van der Waals surface area contributed by atoms with E-state index in [-0.39, 0.29) is 11.5 Å². The van der Waals surface area contributed by atoms with Crippen molar-refractivity contribution in [1.29, 1.82) is 0 Å². The molecule has 4 aromatic rings. The predicted molar refractivity (Wildman–Crippen MR) is 197 cm³/mol. The Morgan fingerprint density at radius 2 is 1.69 bits per heavy atom. The largest absolute Gasteiger partial charge is 0.491 e. The molecule has 0 N–H and O–H groups in total. The number of ether oxygens (including phenoxy) is 4. The topological polar surface area (TPSA) is 76.8 Å². The Bertz CT molecular complexity index is 1720. The summed E-state index contributed by atoms with van der Waals surface area (Å²) in [5.41, 5.74) is 4.22. The van der Waals surface area contributed by atoms with E-state index in [1.165, 1.54) is 11.4 Å². The zero-order chi connectivity index (χ0) is 33.8. The SMILES string of the molecule is CCN1CC(OC)SC1=Nc1ccc(N2CCN(c3ccc(OC[C@@H]4CO[C@@](Cn5ccnc5)(c5ccc(Cl)cc5Cl)O4)cc3)CC2)cc1. The Hall–Kier alpha value is -3.45. The third kappa shape index (κ3) is 7.82. The molecule has 1 unspecified atom stereocenters. The van der Waals surface area contributed by atoms with Gasteiger partial charge in [-0.25, -0.2) is 9.98 Å². The number of anilines is 2. The van der Waals surface area contributed by atoms with Crippen molar-refractivity contribution in [3.05, 3.63) is 101 Å². The van der Waals surface area contributed by atoms with Crippen molar-refractivity contribution in [3.8, 4) is 5.75 Å². The van der Waals surface area contributed by atoms with Crippen molar-refractivity contribution < 1.29 is 18.9 Å². The standard InChI is InChI=1S/C36H40Cl2N6O4S/c1-3-42-21-34(45-2)49-35(42)40-27-5-7-28(8-6-27)43-16-18-44(19-17-43)29-9-11-30(12-10-29)46-22-31-23-47-36(48-31,24-41-15-14-39-25-41)32-13-4-26(37)20-33(32)38/h4-15,20,25,31,34H,3,16-19,21-24H2,1-2H3/t31-,34?,36-/m1/s1. The van der Waals surface area contributed by atoms with Crippen LogP contribution in [0.15, 0.2) is 90.4 Å². The van der Waals surface area contributed by atoms with Gasteiger partial charge in [-0.2, -0.15) is 0 Å². The number of halogens is 2. The van der Waals surface area contributed by atoms with Crippen molar-refractivity contribution in [1.82, 2.24) is 14.5 Å². The molecule has 0 bridgehead atoms. The number of imidazole rings is 1. The van der Waals surface area contributed by atoms with E-state index in [1.54, 1.807) is 43.5 Å². The fourth-order valence-electron chi connectivity index (χ4n) is 6.36. The highest BCUT2D eigenvalue weighted by Gasteiger charge is 2.45. The molecule has 7 rings (SSSR count). The van der Waals surface area contributed by atoms with E-state index >= 15 is 0 Å². The molecule has 0 amide bonds. The highest BCUT2D eigenvalue weighted by atomic mass is 35.5. The Morgan fingerprint density at radius 3 is 2.33 bits per heavy atom. The Morgan fingerprint density at radius 1 is 0.980 bits per heavy atom. The molecule has 49 heavy (non-hydrogen) atoms. The molecular formula is C36H40Cl2N6O4S. The van der Waals surface area contributed by atoms with Crippen LogP contribution in [-0.2, 0) is 26.5 Å². The minimum atomic E-state index is -1.08. The second-order valence-electron chi connectivity index (χ2n) is 12.2. The van der Waals surface area contributed by atoms with E-state index in [0.29, 0.717) is 35.4 Å². The fourth-order valence-corrected chi connectivity index (χ4v) is 8.01. The van der Waals surface area contributed by atoms with Crippen LogP contribution in [0, 0.1) is 0 Å². The number of aromatic nitrogens is 2. The first kappa shape index (κ1) is 34.0. The zero-order valence-corrected chi connectivity index (χ0v) is 29.9. The van der Waals surface area contributed by atoms with Crippen LogP contribution >= 0.6 is 35.0 Å². The normalized spacial score (nSPS) is 23.5. The minimum absolute atomic E-state index is 0.140. The third-order valence-corrected chi connectivity index (χ3v) is 10.7. The van der Waals surface area contributed by atoms with Crippen molar-refractivity contribution >= 4 is 57.2 Å². The molecule has 3 aromatic carbocycles. The van der Waals surface area contributed by atoms with Crippen molar-refractivity contribution in [2.24, 2.45) is 4.99 Å². The first-order valence-corrected chi connectivity index (χ1v) is 18.1. The van der Waals surface area contributed by atoms with E-state index in [0.717, 1.165) is 55.9 Å². The number of rotatable bonds is 11. The molecule has 0 radical (unpaired) electrons. The van der Waals surface area contributed by atoms with Crippen molar-refractivity contribution in [2.45, 2.75) is 30.8 Å². The van der Waals surface area contributed by atoms with Crippen LogP contribution in [-0.4, -0.2) is 90.8 Å². The number of hydrogen-bond acceptors (Lipinski definition) is 9. The molecule has 13 heteroatoms. The number of benzene rings is 3. The first-order chi connectivity index (χ1) is 23.9. The highest BCUT2D eigenvalue weighted by Crippen LogP contribution is 2.41. The maximum absolute atomic E-state index is 6.61. The van der Waals surface area contributed by atoms with Gasteiger partial charge >= 0.3 is 0 Å². The second kappa shape index (κ2) is 15.2. The lowest BCUT2D eigenvalue weighted by atomic mass is 10.1. The quantitative estimate of drug-likeness (QED) is 0.165. The molecule has 10 nitrogen and oxygen atoms in total. The van der Waals surface area contributed by atoms with Gasteiger partial charge in [-0.15, -0.1) is 0 Å². The fraction of sp³-hybridized carbons (Fsp3) is 0.389. The predicted octanol–water partition coefficient (Wildman–Crippen LogP) is 6.89. The Labute approximate surface area is 301 Å². The average Bonchev–Trinajstić information content (AvgIpc) is 3.89. The minimum Gasteiger partial charge on any atom is -0.491 e. The van der Waals surface area contributed by atoms with Gasteiger partial charge < -0.3 is 38.2 Å². The summed E-state index contributed by atoms with van der Waals surface area (Å²) in [5, 5.41) is 2.06. The van der Waals surface area contributed by atoms with Crippen LogP contribution in [0.2, 0.25) is 10.0 Å². The number of thioether (sulfide) groups is 1. The molecule has 1 aromatic heterocycles. The summed E-state index contributed by atoms with van der Waals surface area (Å²) in [5.74, 6) is -0.305. The monoisotopic (exact) mass is 722 g/mol. The van der Waals surface area contributed by atoms with Crippen LogP contribution in [0.4, 0.5) is 17.1 Å². The molecule has 3 fully saturated rings. The summed E-state index contributed by atoms with van der Waals surface area (Å²) in [4.78, 5) is 16.2. The van der Waals surface area contributed by atoms with Gasteiger partial charge in [0.05, 0.1) is 36.7 Å². The van der Waals surface area contributed by atoms with Gasteiger partial charge in [0, 0.05) is 74.2 Å². The molecular weight excluding hydrogens is 683 g/mol. The highest BCUT2D eigenvalue weighted by molar-refractivity contribution is 8.14. The van der Waals surface area contributed by atoms with Gasteiger partial charge in [0.1, 0.15) is 23.9 Å². The van der Waals surface area contributed by atoms with E-state index in [9.17, 15) is 0 Å². The number of aliphatic imine (C=N–C) groups is 1. The zero-order valence-electron chi connectivity index (χ0n) is 27.6. The molecule has 0 saturated carbocycles. The molecule has 0 aliphatic carbocycles. The summed E-state index contributed by atoms with van der Waals surface area (Å²) >= 11 is 14.5. The molecule has 258 valence electrons. The molecule has 3 atom stereocenters. The van der Waals surface area contributed by atoms with Gasteiger partial charge in [0.15, 0.2) is 5.17 Å². The number of methoxy groups -OCH3 is 1. The molecule has 0 spiro atoms. The van der Waals surface area contributed by atoms with Gasteiger partial charge in [0.25, 0.3) is 0 Å². The maximum Gasteiger partial charge on any atom is 0.215 e. The van der Waals surface area contributed by atoms with Gasteiger partial charge in [-0.3, -0.25) is 0 Å². The van der Waals surface area contributed by atoms with E-state index in [2.05, 4.69) is 63.0 Å². The first-order valence-electron chi connectivity index (χ1n) is 16.5. The average molecular weight is 724 g/mol. The maximum atomic E-state index is 6.61. The van der Waals surface area contributed by atoms with Crippen LogP contribution < -0.4 is 14.5 Å². The van der Waals surface area contributed by atoms with Crippen LogP contribution in [0.25, 0.3) is 0 Å². The number of likely N-dealkylation sites (N-methyl/N-ethyl adjacent to an activating group) is 1. The van der Waals surface area contributed by atoms with E-state index < -0.39 is 5.79 Å². The summed E-state index contributed by atoms with van der Waals surface area (Å²) in [6.45, 7) is 8.78. The van der Waals surface area contributed by atoms with Crippen LogP contribution in [0.1, 0.15) is 12.5 Å². The number of piperazine rings is 1. The lowest BCUT2D eigenvalue weighted by Gasteiger charge is -2.37. The van der Waals surface area contributed by atoms with Crippen molar-refractivity contribution in [3.63, 3.8) is 0 Å².